The van der Waals surface area contributed by atoms with Crippen LogP contribution in [0.15, 0.2) is 54.6 Å². The zero-order valence-electron chi connectivity index (χ0n) is 16.2. The van der Waals surface area contributed by atoms with Gasteiger partial charge in [-0.2, -0.15) is 0 Å². The highest BCUT2D eigenvalue weighted by atomic mass is 16.6. The van der Waals surface area contributed by atoms with Crippen LogP contribution in [-0.4, -0.2) is 61.1 Å². The van der Waals surface area contributed by atoms with Gasteiger partial charge in [-0.3, -0.25) is 9.69 Å². The highest BCUT2D eigenvalue weighted by Gasteiger charge is 2.22. The highest BCUT2D eigenvalue weighted by molar-refractivity contribution is 5.81. The molecule has 0 unspecified atom stereocenters. The number of carbonyl (C=O) groups is 2. The lowest BCUT2D eigenvalue weighted by Crippen LogP contribution is -2.49. The van der Waals surface area contributed by atoms with Crippen molar-refractivity contribution in [3.63, 3.8) is 0 Å². The van der Waals surface area contributed by atoms with Crippen LogP contribution in [0.5, 0.6) is 5.75 Å². The average molecular weight is 382 g/mol. The highest BCUT2D eigenvalue weighted by Crippen LogP contribution is 2.16. The predicted octanol–water partition coefficient (Wildman–Crippen LogP) is 2.26. The lowest BCUT2D eigenvalue weighted by Gasteiger charge is -2.34. The summed E-state index contributed by atoms with van der Waals surface area (Å²) in [7, 11) is 0. The number of ether oxygens (including phenoxy) is 2. The molecule has 1 saturated heterocycles. The molecule has 2 aromatic carbocycles. The molecule has 0 bridgehead atoms. The SMILES string of the molecule is Cc1ccccc1OCC(=O)OCC(=O)N1CCN(Cc2ccccc2)CC1. The van der Waals surface area contributed by atoms with Crippen LogP contribution in [0.2, 0.25) is 0 Å². The molecule has 0 radical (unpaired) electrons. The summed E-state index contributed by atoms with van der Waals surface area (Å²) in [4.78, 5) is 28.2. The smallest absolute Gasteiger partial charge is 0.344 e. The van der Waals surface area contributed by atoms with E-state index in [1.54, 1.807) is 11.0 Å². The number of nitrogens with zero attached hydrogens (tertiary/aromatic N) is 2. The molecule has 0 N–H and O–H groups in total. The molecule has 28 heavy (non-hydrogen) atoms. The Balaban J connectivity index is 1.35. The fraction of sp³-hybridized carbons (Fsp3) is 0.364. The molecule has 2 aromatic rings. The third kappa shape index (κ3) is 5.82. The molecule has 0 aromatic heterocycles. The van der Waals surface area contributed by atoms with Crippen molar-refractivity contribution in [1.29, 1.82) is 0 Å². The van der Waals surface area contributed by atoms with Crippen LogP contribution in [0.4, 0.5) is 0 Å². The van der Waals surface area contributed by atoms with Crippen LogP contribution in [0.3, 0.4) is 0 Å². The van der Waals surface area contributed by atoms with Crippen molar-refractivity contribution in [2.45, 2.75) is 13.5 Å². The van der Waals surface area contributed by atoms with Gasteiger partial charge in [-0.25, -0.2) is 4.79 Å². The summed E-state index contributed by atoms with van der Waals surface area (Å²) >= 11 is 0. The second-order valence-corrected chi connectivity index (χ2v) is 6.86. The molecule has 0 saturated carbocycles. The van der Waals surface area contributed by atoms with Gasteiger partial charge in [-0.05, 0) is 24.1 Å². The normalized spacial score (nSPS) is 14.5. The third-order valence-electron chi connectivity index (χ3n) is 4.77. The molecule has 3 rings (SSSR count). The van der Waals surface area contributed by atoms with Gasteiger partial charge < -0.3 is 14.4 Å². The number of hydrogen-bond donors (Lipinski definition) is 0. The van der Waals surface area contributed by atoms with Crippen molar-refractivity contribution in [2.75, 3.05) is 39.4 Å². The Morgan fingerprint density at radius 1 is 0.893 bits per heavy atom. The number of aryl methyl sites for hydroxylation is 1. The average Bonchev–Trinajstić information content (AvgIpc) is 2.73. The number of benzene rings is 2. The van der Waals surface area contributed by atoms with Crippen LogP contribution < -0.4 is 4.74 Å². The molecule has 6 nitrogen and oxygen atoms in total. The van der Waals surface area contributed by atoms with Crippen molar-refractivity contribution in [3.8, 4) is 5.75 Å². The summed E-state index contributed by atoms with van der Waals surface area (Å²) in [6.07, 6.45) is 0. The molecule has 1 heterocycles. The van der Waals surface area contributed by atoms with E-state index in [2.05, 4.69) is 17.0 Å². The second kappa shape index (κ2) is 9.90. The second-order valence-electron chi connectivity index (χ2n) is 6.86. The Kier molecular flexibility index (Phi) is 7.03. The van der Waals surface area contributed by atoms with Gasteiger partial charge >= 0.3 is 5.97 Å². The maximum atomic E-state index is 12.3. The predicted molar refractivity (Wildman–Crippen MR) is 106 cm³/mol. The first-order valence-electron chi connectivity index (χ1n) is 9.50. The summed E-state index contributed by atoms with van der Waals surface area (Å²) in [5.74, 6) is -0.0665. The first-order chi connectivity index (χ1) is 13.6. The quantitative estimate of drug-likeness (QED) is 0.688. The number of carbonyl (C=O) groups excluding carboxylic acids is 2. The van der Waals surface area contributed by atoms with Crippen molar-refractivity contribution in [2.24, 2.45) is 0 Å². The first-order valence-corrected chi connectivity index (χ1v) is 9.50. The van der Waals surface area contributed by atoms with Gasteiger partial charge in [0, 0.05) is 32.7 Å². The molecular formula is C22H26N2O4. The minimum absolute atomic E-state index is 0.163. The molecule has 148 valence electrons. The van der Waals surface area contributed by atoms with E-state index in [9.17, 15) is 9.59 Å². The van der Waals surface area contributed by atoms with E-state index >= 15 is 0 Å². The monoisotopic (exact) mass is 382 g/mol. The van der Waals surface area contributed by atoms with Crippen molar-refractivity contribution in [3.05, 3.63) is 65.7 Å². The van der Waals surface area contributed by atoms with E-state index in [0.29, 0.717) is 18.8 Å². The number of amides is 1. The fourth-order valence-electron chi connectivity index (χ4n) is 3.13. The van der Waals surface area contributed by atoms with E-state index in [1.165, 1.54) is 5.56 Å². The number of rotatable bonds is 7. The van der Waals surface area contributed by atoms with Crippen molar-refractivity contribution < 1.29 is 19.1 Å². The van der Waals surface area contributed by atoms with Gasteiger partial charge in [-0.1, -0.05) is 48.5 Å². The molecule has 6 heteroatoms. The van der Waals surface area contributed by atoms with Gasteiger partial charge in [-0.15, -0.1) is 0 Å². The van der Waals surface area contributed by atoms with Gasteiger partial charge in [0.1, 0.15) is 5.75 Å². The lowest BCUT2D eigenvalue weighted by molar-refractivity contribution is -0.154. The van der Waals surface area contributed by atoms with E-state index in [-0.39, 0.29) is 19.1 Å². The molecule has 0 aliphatic carbocycles. The molecule has 1 aliphatic heterocycles. The Morgan fingerprint density at radius 2 is 1.57 bits per heavy atom. The molecule has 0 atom stereocenters. The number of piperazine rings is 1. The summed E-state index contributed by atoms with van der Waals surface area (Å²) in [6.45, 7) is 5.25. The Morgan fingerprint density at radius 3 is 2.29 bits per heavy atom. The van der Waals surface area contributed by atoms with Gasteiger partial charge in [0.2, 0.25) is 0 Å². The van der Waals surface area contributed by atoms with Crippen molar-refractivity contribution in [1.82, 2.24) is 9.80 Å². The minimum atomic E-state index is -0.542. The maximum Gasteiger partial charge on any atom is 0.344 e. The number of para-hydroxylation sites is 1. The molecule has 1 aliphatic rings. The molecular weight excluding hydrogens is 356 g/mol. The van der Waals surface area contributed by atoms with Gasteiger partial charge in [0.25, 0.3) is 5.91 Å². The lowest BCUT2D eigenvalue weighted by atomic mass is 10.2. The Hall–Kier alpha value is -2.86. The van der Waals surface area contributed by atoms with Crippen molar-refractivity contribution >= 4 is 11.9 Å². The van der Waals surface area contributed by atoms with E-state index in [1.807, 2.05) is 43.3 Å². The standard InChI is InChI=1S/C22H26N2O4/c1-18-7-5-6-10-20(18)27-17-22(26)28-16-21(25)24-13-11-23(12-14-24)15-19-8-3-2-4-9-19/h2-10H,11-17H2,1H3. The first kappa shape index (κ1) is 19.9. The van der Waals surface area contributed by atoms with E-state index in [0.717, 1.165) is 25.2 Å². The van der Waals surface area contributed by atoms with E-state index in [4.69, 9.17) is 9.47 Å². The van der Waals surface area contributed by atoms with Crippen LogP contribution in [0.25, 0.3) is 0 Å². The molecule has 0 spiro atoms. The van der Waals surface area contributed by atoms with E-state index < -0.39 is 5.97 Å². The fourth-order valence-corrected chi connectivity index (χ4v) is 3.13. The topological polar surface area (TPSA) is 59.1 Å². The van der Waals surface area contributed by atoms with Crippen LogP contribution >= 0.6 is 0 Å². The van der Waals surface area contributed by atoms with Crippen LogP contribution in [-0.2, 0) is 20.9 Å². The maximum absolute atomic E-state index is 12.3. The number of esters is 1. The zero-order valence-corrected chi connectivity index (χ0v) is 16.2. The zero-order chi connectivity index (χ0) is 19.8. The van der Waals surface area contributed by atoms with Crippen LogP contribution in [0.1, 0.15) is 11.1 Å². The number of hydrogen-bond acceptors (Lipinski definition) is 5. The Labute approximate surface area is 165 Å². The Bertz CT molecular complexity index is 786. The van der Waals surface area contributed by atoms with Crippen LogP contribution in [0, 0.1) is 6.92 Å². The molecule has 1 fully saturated rings. The summed E-state index contributed by atoms with van der Waals surface area (Å²) in [5.41, 5.74) is 2.21. The minimum Gasteiger partial charge on any atom is -0.482 e. The largest absolute Gasteiger partial charge is 0.482 e. The summed E-state index contributed by atoms with van der Waals surface area (Å²) in [6, 6.07) is 17.7. The van der Waals surface area contributed by atoms with Gasteiger partial charge in [0.15, 0.2) is 13.2 Å². The summed E-state index contributed by atoms with van der Waals surface area (Å²) in [5, 5.41) is 0. The van der Waals surface area contributed by atoms with Gasteiger partial charge in [0.05, 0.1) is 0 Å². The summed E-state index contributed by atoms with van der Waals surface area (Å²) < 4.78 is 10.5. The molecule has 1 amide bonds. The third-order valence-corrected chi connectivity index (χ3v) is 4.77.